The molecule has 4 heterocycles. The van der Waals surface area contributed by atoms with Gasteiger partial charge in [-0.05, 0) is 24.5 Å². The largest absolute Gasteiger partial charge is 0.381 e. The van der Waals surface area contributed by atoms with Crippen LogP contribution in [0.15, 0.2) is 21.8 Å². The minimum Gasteiger partial charge on any atom is -0.381 e. The Hall–Kier alpha value is -2.55. The molecular weight excluding hydrogens is 419 g/mol. The number of hydrogen-bond donors (Lipinski definition) is 1. The smallest absolute Gasteiger partial charge is 0.257 e. The number of halogens is 1. The Balaban J connectivity index is 1.83. The predicted octanol–water partition coefficient (Wildman–Crippen LogP) is 3.15. The zero-order valence-corrected chi connectivity index (χ0v) is 18.0. The molecule has 0 amide bonds. The highest BCUT2D eigenvalue weighted by atomic mass is 32.2. The Kier molecular flexibility index (Phi) is 4.96. The molecule has 0 saturated heterocycles. The lowest BCUT2D eigenvalue weighted by molar-refractivity contribution is -0.115. The molecule has 3 aromatic rings. The number of aromatic nitrogens is 2. The van der Waals surface area contributed by atoms with Gasteiger partial charge in [-0.2, -0.15) is 0 Å². The van der Waals surface area contributed by atoms with Gasteiger partial charge in [0.15, 0.2) is 6.29 Å². The second-order valence-electron chi connectivity index (χ2n) is 7.80. The molecule has 2 aliphatic rings. The maximum absolute atomic E-state index is 14.8. The maximum atomic E-state index is 14.8. The number of hydrogen-bond acceptors (Lipinski definition) is 6. The van der Waals surface area contributed by atoms with Crippen molar-refractivity contribution in [3.63, 3.8) is 0 Å². The molecule has 6 nitrogen and oxygen atoms in total. The van der Waals surface area contributed by atoms with E-state index in [0.29, 0.717) is 41.7 Å². The van der Waals surface area contributed by atoms with E-state index >= 15 is 0 Å². The van der Waals surface area contributed by atoms with E-state index in [1.165, 1.54) is 13.2 Å². The van der Waals surface area contributed by atoms with Crippen LogP contribution in [-0.2, 0) is 35.5 Å². The standard InChI is InChI=1S/C23H21FN2O4S/c1-3-11-16(24)7-17-20-12(4-5-31-22(11)20)14-8-26-18(21(14)25-17)6-13(19(28)9-27)15(10-30-2)23(26)29/h6-7,9,19,28H,3-5,8,10H2,1-2H3. The van der Waals surface area contributed by atoms with Gasteiger partial charge >= 0.3 is 0 Å². The highest BCUT2D eigenvalue weighted by molar-refractivity contribution is 7.99. The summed E-state index contributed by atoms with van der Waals surface area (Å²) in [5.41, 5.74) is 4.68. The molecular formula is C23H21FN2O4S. The number of pyridine rings is 2. The SMILES string of the molecule is CCc1c(F)cc2nc3c(c4c2c1SCC4)Cn1c-3cc(C(O)C=O)c(COC)c1=O. The molecule has 1 aromatic carbocycles. The van der Waals surface area contributed by atoms with E-state index in [2.05, 4.69) is 0 Å². The number of aryl methyl sites for hydroxylation is 1. The summed E-state index contributed by atoms with van der Waals surface area (Å²) in [4.78, 5) is 30.2. The fourth-order valence-corrected chi connectivity index (χ4v) is 6.06. The third-order valence-electron chi connectivity index (χ3n) is 6.18. The molecule has 8 heteroatoms. The fourth-order valence-electron chi connectivity index (χ4n) is 4.76. The summed E-state index contributed by atoms with van der Waals surface area (Å²) in [5, 5.41) is 11.2. The normalized spacial score (nSPS) is 15.1. The zero-order chi connectivity index (χ0) is 21.9. The van der Waals surface area contributed by atoms with Crippen LogP contribution < -0.4 is 5.56 Å². The second-order valence-corrected chi connectivity index (χ2v) is 8.90. The van der Waals surface area contributed by atoms with E-state index in [-0.39, 0.29) is 29.1 Å². The molecule has 160 valence electrons. The molecule has 0 bridgehead atoms. The van der Waals surface area contributed by atoms with E-state index in [4.69, 9.17) is 9.72 Å². The molecule has 0 fully saturated rings. The summed E-state index contributed by atoms with van der Waals surface area (Å²) < 4.78 is 21.6. The molecule has 31 heavy (non-hydrogen) atoms. The quantitative estimate of drug-likeness (QED) is 0.480. The lowest BCUT2D eigenvalue weighted by Crippen LogP contribution is -2.26. The van der Waals surface area contributed by atoms with Crippen LogP contribution in [0, 0.1) is 5.82 Å². The first kappa shape index (κ1) is 20.4. The molecule has 0 aliphatic carbocycles. The van der Waals surface area contributed by atoms with Crippen LogP contribution in [0.1, 0.15) is 40.8 Å². The van der Waals surface area contributed by atoms with Gasteiger partial charge in [0, 0.05) is 51.5 Å². The van der Waals surface area contributed by atoms with Crippen molar-refractivity contribution >= 4 is 29.0 Å². The average molecular weight is 440 g/mol. The molecule has 1 atom stereocenters. The zero-order valence-electron chi connectivity index (χ0n) is 17.2. The van der Waals surface area contributed by atoms with Crippen LogP contribution >= 0.6 is 11.8 Å². The lowest BCUT2D eigenvalue weighted by atomic mass is 9.95. The Labute approximate surface area is 182 Å². The monoisotopic (exact) mass is 440 g/mol. The number of aliphatic hydroxyl groups is 1. The van der Waals surface area contributed by atoms with E-state index < -0.39 is 6.10 Å². The van der Waals surface area contributed by atoms with Crippen LogP contribution in [0.5, 0.6) is 0 Å². The molecule has 2 aliphatic heterocycles. The van der Waals surface area contributed by atoms with Gasteiger partial charge in [0.05, 0.1) is 30.1 Å². The number of carbonyl (C=O) groups is 1. The van der Waals surface area contributed by atoms with Gasteiger partial charge in [0.2, 0.25) is 0 Å². The van der Waals surface area contributed by atoms with Crippen molar-refractivity contribution in [2.45, 2.75) is 43.9 Å². The first-order valence-electron chi connectivity index (χ1n) is 10.2. The summed E-state index contributed by atoms with van der Waals surface area (Å²) in [5.74, 6) is 0.574. The van der Waals surface area contributed by atoms with Crippen molar-refractivity contribution in [1.82, 2.24) is 9.55 Å². The molecule has 0 radical (unpaired) electrons. The van der Waals surface area contributed by atoms with Crippen LogP contribution in [0.25, 0.3) is 22.3 Å². The minimum atomic E-state index is -1.43. The molecule has 2 aromatic heterocycles. The number of nitrogens with zero attached hydrogens (tertiary/aromatic N) is 2. The third kappa shape index (κ3) is 2.89. The van der Waals surface area contributed by atoms with Gasteiger partial charge < -0.3 is 19.2 Å². The number of ether oxygens (including phenoxy) is 1. The van der Waals surface area contributed by atoms with Crippen molar-refractivity contribution in [2.24, 2.45) is 0 Å². The summed E-state index contributed by atoms with van der Waals surface area (Å²) in [6.07, 6.45) is 0.377. The van der Waals surface area contributed by atoms with E-state index in [9.17, 15) is 19.1 Å². The van der Waals surface area contributed by atoms with Crippen LogP contribution in [0.3, 0.4) is 0 Å². The van der Waals surface area contributed by atoms with Crippen molar-refractivity contribution in [3.8, 4) is 11.4 Å². The summed E-state index contributed by atoms with van der Waals surface area (Å²) in [6, 6.07) is 3.12. The molecule has 0 spiro atoms. The Bertz CT molecular complexity index is 1320. The van der Waals surface area contributed by atoms with Gasteiger partial charge in [0.1, 0.15) is 11.9 Å². The van der Waals surface area contributed by atoms with E-state index in [1.807, 2.05) is 6.92 Å². The highest BCUT2D eigenvalue weighted by Crippen LogP contribution is 2.44. The van der Waals surface area contributed by atoms with Crippen molar-refractivity contribution < 1.29 is 19.0 Å². The van der Waals surface area contributed by atoms with Gasteiger partial charge in [-0.25, -0.2) is 9.37 Å². The fraction of sp³-hybridized carbons (Fsp3) is 0.348. The number of methoxy groups -OCH3 is 1. The number of aldehydes is 1. The molecule has 0 saturated carbocycles. The van der Waals surface area contributed by atoms with Crippen molar-refractivity contribution in [3.05, 3.63) is 56.1 Å². The third-order valence-corrected chi connectivity index (χ3v) is 7.32. The molecule has 1 N–H and O–H groups in total. The number of carbonyl (C=O) groups excluding carboxylic acids is 1. The minimum absolute atomic E-state index is 0.0101. The first-order valence-corrected chi connectivity index (χ1v) is 11.2. The number of fused-ring (bicyclic) bond motifs is 4. The maximum Gasteiger partial charge on any atom is 0.257 e. The van der Waals surface area contributed by atoms with E-state index in [0.717, 1.165) is 33.6 Å². The Morgan fingerprint density at radius 3 is 2.87 bits per heavy atom. The topological polar surface area (TPSA) is 81.4 Å². The molecule has 5 rings (SSSR count). The number of thioether (sulfide) groups is 1. The van der Waals surface area contributed by atoms with Gasteiger partial charge in [-0.1, -0.05) is 6.92 Å². The number of rotatable bonds is 5. The molecule has 1 unspecified atom stereocenters. The number of benzene rings is 1. The highest BCUT2D eigenvalue weighted by Gasteiger charge is 2.32. The lowest BCUT2D eigenvalue weighted by Gasteiger charge is -2.22. The van der Waals surface area contributed by atoms with Gasteiger partial charge in [-0.15, -0.1) is 11.8 Å². The number of aliphatic hydroxyl groups excluding tert-OH is 1. The summed E-state index contributed by atoms with van der Waals surface area (Å²) >= 11 is 1.66. The first-order chi connectivity index (χ1) is 15.0. The van der Waals surface area contributed by atoms with Crippen LogP contribution in [0.2, 0.25) is 0 Å². The van der Waals surface area contributed by atoms with Crippen LogP contribution in [0.4, 0.5) is 4.39 Å². The van der Waals surface area contributed by atoms with Gasteiger partial charge in [0.25, 0.3) is 5.56 Å². The Morgan fingerprint density at radius 2 is 2.16 bits per heavy atom. The van der Waals surface area contributed by atoms with Crippen molar-refractivity contribution in [1.29, 1.82) is 0 Å². The van der Waals surface area contributed by atoms with Crippen molar-refractivity contribution in [2.75, 3.05) is 12.9 Å². The second kappa shape index (κ2) is 7.55. The van der Waals surface area contributed by atoms with Crippen LogP contribution in [-0.4, -0.2) is 33.8 Å². The summed E-state index contributed by atoms with van der Waals surface area (Å²) in [6.45, 7) is 2.30. The summed E-state index contributed by atoms with van der Waals surface area (Å²) in [7, 11) is 1.46. The predicted molar refractivity (Wildman–Crippen MR) is 116 cm³/mol. The van der Waals surface area contributed by atoms with Gasteiger partial charge in [-0.3, -0.25) is 4.79 Å². The average Bonchev–Trinajstić information content (AvgIpc) is 3.14. The van der Waals surface area contributed by atoms with E-state index in [1.54, 1.807) is 22.4 Å². The Morgan fingerprint density at radius 1 is 1.35 bits per heavy atom.